The van der Waals surface area contributed by atoms with Gasteiger partial charge in [0, 0.05) is 31.4 Å². The number of oxazole rings is 1. The molecule has 8 heteroatoms. The molecule has 0 unspecified atom stereocenters. The number of hydrogen-bond donors (Lipinski definition) is 2. The third-order valence-corrected chi connectivity index (χ3v) is 6.41. The Balaban J connectivity index is 1.52. The summed E-state index contributed by atoms with van der Waals surface area (Å²) in [6, 6.07) is 5.73. The Morgan fingerprint density at radius 3 is 2.64 bits per heavy atom. The molecule has 0 spiro atoms. The Hall–Kier alpha value is -1.80. The van der Waals surface area contributed by atoms with E-state index in [1.165, 1.54) is 4.57 Å². The van der Waals surface area contributed by atoms with Gasteiger partial charge in [-0.05, 0) is 50.7 Å². The Bertz CT molecular complexity index is 892. The van der Waals surface area contributed by atoms with E-state index in [1.807, 2.05) is 18.2 Å². The summed E-state index contributed by atoms with van der Waals surface area (Å²) >= 11 is 0. The van der Waals surface area contributed by atoms with Crippen molar-refractivity contribution in [1.82, 2.24) is 9.29 Å². The summed E-state index contributed by atoms with van der Waals surface area (Å²) in [5, 5.41) is 3.40. The number of fused-ring (bicyclic) bond motifs is 1. The minimum absolute atomic E-state index is 0.0659. The monoisotopic (exact) mass is 367 g/mol. The summed E-state index contributed by atoms with van der Waals surface area (Å²) in [7, 11) is -1.43. The average molecular weight is 367 g/mol. The lowest BCUT2D eigenvalue weighted by Gasteiger charge is -2.29. The zero-order valence-corrected chi connectivity index (χ0v) is 15.4. The van der Waals surface area contributed by atoms with E-state index in [0.29, 0.717) is 11.5 Å². The zero-order chi connectivity index (χ0) is 18.0. The molecule has 1 saturated carbocycles. The molecule has 0 bridgehead atoms. The molecule has 0 amide bonds. The van der Waals surface area contributed by atoms with Crippen LogP contribution in [0.15, 0.2) is 27.4 Å². The van der Waals surface area contributed by atoms with Gasteiger partial charge >= 0.3 is 5.76 Å². The van der Waals surface area contributed by atoms with Crippen LogP contribution in [0.2, 0.25) is 0 Å². The second-order valence-electron chi connectivity index (χ2n) is 6.73. The molecule has 3 rings (SSSR count). The fourth-order valence-electron chi connectivity index (χ4n) is 3.33. The summed E-state index contributed by atoms with van der Waals surface area (Å²) in [4.78, 5) is 11.5. The van der Waals surface area contributed by atoms with Crippen molar-refractivity contribution in [2.45, 2.75) is 38.6 Å². The van der Waals surface area contributed by atoms with E-state index in [-0.39, 0.29) is 17.6 Å². The highest BCUT2D eigenvalue weighted by Gasteiger charge is 2.24. The van der Waals surface area contributed by atoms with E-state index in [0.717, 1.165) is 43.4 Å². The smallest absolute Gasteiger partial charge is 0.408 e. The topological polar surface area (TPSA) is 93.3 Å². The molecule has 0 aliphatic heterocycles. The maximum atomic E-state index is 11.6. The average Bonchev–Trinajstić information content (AvgIpc) is 2.88. The van der Waals surface area contributed by atoms with Gasteiger partial charge in [-0.2, -0.15) is 0 Å². The van der Waals surface area contributed by atoms with Crippen LogP contribution in [0.4, 0.5) is 5.69 Å². The molecule has 25 heavy (non-hydrogen) atoms. The van der Waals surface area contributed by atoms with Gasteiger partial charge in [-0.1, -0.05) is 0 Å². The van der Waals surface area contributed by atoms with Gasteiger partial charge in [-0.15, -0.1) is 0 Å². The van der Waals surface area contributed by atoms with Crippen LogP contribution in [0.1, 0.15) is 32.6 Å². The van der Waals surface area contributed by atoms with Gasteiger partial charge in [-0.3, -0.25) is 4.57 Å². The number of aromatic nitrogens is 1. The Kier molecular flexibility index (Phi) is 5.19. The van der Waals surface area contributed by atoms with Crippen LogP contribution < -0.4 is 15.8 Å². The predicted octanol–water partition coefficient (Wildman–Crippen LogP) is 2.04. The molecule has 1 aliphatic carbocycles. The summed E-state index contributed by atoms with van der Waals surface area (Å²) in [6.45, 7) is 2.49. The van der Waals surface area contributed by atoms with E-state index in [4.69, 9.17) is 4.42 Å². The van der Waals surface area contributed by atoms with Crippen molar-refractivity contribution >= 4 is 26.8 Å². The van der Waals surface area contributed by atoms with Crippen LogP contribution in [0.25, 0.3) is 11.1 Å². The lowest BCUT2D eigenvalue weighted by atomic mass is 9.86. The fourth-order valence-corrected chi connectivity index (χ4v) is 4.24. The summed E-state index contributed by atoms with van der Waals surface area (Å²) in [6.07, 6.45) is 3.73. The lowest BCUT2D eigenvalue weighted by molar-refractivity contribution is 0.324. The maximum absolute atomic E-state index is 11.6. The standard InChI is InChI=1S/C17H25N3O4S/c1-3-25(22,23)19-13-6-4-12(5-7-13)11-18-14-8-9-15-16(10-14)24-17(21)20(15)2/h8-10,12-13,18-19H,3-7,11H2,1-2H3. The fraction of sp³-hybridized carbons (Fsp3) is 0.588. The van der Waals surface area contributed by atoms with Gasteiger partial charge in [0.2, 0.25) is 10.0 Å². The molecule has 7 nitrogen and oxygen atoms in total. The van der Waals surface area contributed by atoms with Crippen molar-refractivity contribution in [2.24, 2.45) is 13.0 Å². The van der Waals surface area contributed by atoms with E-state index in [1.54, 1.807) is 14.0 Å². The lowest BCUT2D eigenvalue weighted by Crippen LogP contribution is -2.39. The zero-order valence-electron chi connectivity index (χ0n) is 14.6. The third kappa shape index (κ3) is 4.24. The van der Waals surface area contributed by atoms with Gasteiger partial charge in [0.1, 0.15) is 0 Å². The van der Waals surface area contributed by atoms with Crippen molar-refractivity contribution in [3.8, 4) is 0 Å². The third-order valence-electron chi connectivity index (χ3n) is 4.96. The quantitative estimate of drug-likeness (QED) is 0.815. The molecule has 0 atom stereocenters. The molecule has 1 fully saturated rings. The molecule has 1 heterocycles. The van der Waals surface area contributed by atoms with Crippen molar-refractivity contribution in [3.05, 3.63) is 28.7 Å². The van der Waals surface area contributed by atoms with Crippen molar-refractivity contribution in [3.63, 3.8) is 0 Å². The van der Waals surface area contributed by atoms with Gasteiger partial charge in [0.25, 0.3) is 0 Å². The SMILES string of the molecule is CCS(=O)(=O)NC1CCC(CNc2ccc3c(c2)oc(=O)n3C)CC1. The van der Waals surface area contributed by atoms with E-state index < -0.39 is 10.0 Å². The number of anilines is 1. The molecule has 1 aromatic heterocycles. The molecule has 1 aliphatic rings. The first-order valence-electron chi connectivity index (χ1n) is 8.71. The molecule has 138 valence electrons. The number of nitrogens with one attached hydrogen (secondary N) is 2. The highest BCUT2D eigenvalue weighted by atomic mass is 32.2. The molecular weight excluding hydrogens is 342 g/mol. The minimum atomic E-state index is -3.12. The Morgan fingerprint density at radius 1 is 1.24 bits per heavy atom. The predicted molar refractivity (Wildman–Crippen MR) is 98.3 cm³/mol. The number of rotatable bonds is 6. The molecule has 1 aromatic carbocycles. The first-order chi connectivity index (χ1) is 11.9. The first-order valence-corrected chi connectivity index (χ1v) is 10.4. The second-order valence-corrected chi connectivity index (χ2v) is 8.77. The largest absolute Gasteiger partial charge is 0.419 e. The van der Waals surface area contributed by atoms with Gasteiger partial charge in [0.15, 0.2) is 5.58 Å². The van der Waals surface area contributed by atoms with Gasteiger partial charge < -0.3 is 9.73 Å². The van der Waals surface area contributed by atoms with Crippen LogP contribution in [0.5, 0.6) is 0 Å². The number of sulfonamides is 1. The maximum Gasteiger partial charge on any atom is 0.419 e. The van der Waals surface area contributed by atoms with Crippen molar-refractivity contribution in [1.29, 1.82) is 0 Å². The summed E-state index contributed by atoms with van der Waals surface area (Å²) in [5.74, 6) is 0.285. The van der Waals surface area contributed by atoms with Crippen LogP contribution in [0, 0.1) is 5.92 Å². The van der Waals surface area contributed by atoms with Crippen LogP contribution in [0.3, 0.4) is 0 Å². The van der Waals surface area contributed by atoms with Gasteiger partial charge in [0.05, 0.1) is 11.3 Å². The molecule has 0 saturated heterocycles. The van der Waals surface area contributed by atoms with Crippen LogP contribution in [-0.4, -0.2) is 31.3 Å². The van der Waals surface area contributed by atoms with E-state index >= 15 is 0 Å². The molecule has 2 aromatic rings. The van der Waals surface area contributed by atoms with Crippen LogP contribution in [-0.2, 0) is 17.1 Å². The van der Waals surface area contributed by atoms with Gasteiger partial charge in [-0.25, -0.2) is 17.9 Å². The number of hydrogen-bond acceptors (Lipinski definition) is 5. The molecular formula is C17H25N3O4S. The number of benzene rings is 1. The number of aryl methyl sites for hydroxylation is 1. The van der Waals surface area contributed by atoms with Crippen LogP contribution >= 0.6 is 0 Å². The van der Waals surface area contributed by atoms with Crippen molar-refractivity contribution in [2.75, 3.05) is 17.6 Å². The highest BCUT2D eigenvalue weighted by Crippen LogP contribution is 2.26. The summed E-state index contributed by atoms with van der Waals surface area (Å²) < 4.78 is 32.7. The van der Waals surface area contributed by atoms with E-state index in [9.17, 15) is 13.2 Å². The Morgan fingerprint density at radius 2 is 1.96 bits per heavy atom. The normalized spacial score (nSPS) is 21.5. The Labute approximate surface area is 147 Å². The minimum Gasteiger partial charge on any atom is -0.408 e. The first kappa shape index (κ1) is 18.0. The number of nitrogens with zero attached hydrogens (tertiary/aromatic N) is 1. The second kappa shape index (κ2) is 7.21. The summed E-state index contributed by atoms with van der Waals surface area (Å²) in [5.41, 5.74) is 2.28. The van der Waals surface area contributed by atoms with E-state index in [2.05, 4.69) is 10.0 Å². The highest BCUT2D eigenvalue weighted by molar-refractivity contribution is 7.89. The molecule has 0 radical (unpaired) electrons. The molecule has 2 N–H and O–H groups in total. The van der Waals surface area contributed by atoms with Crippen molar-refractivity contribution < 1.29 is 12.8 Å².